The van der Waals surface area contributed by atoms with Crippen LogP contribution in [0.3, 0.4) is 0 Å². The largest absolute Gasteiger partial charge is 0.314 e. The Morgan fingerprint density at radius 1 is 1.17 bits per heavy atom. The number of hydrogen-bond donors (Lipinski definition) is 1. The van der Waals surface area contributed by atoms with Gasteiger partial charge in [0.2, 0.25) is 0 Å². The molecule has 1 fully saturated rings. The van der Waals surface area contributed by atoms with Crippen molar-refractivity contribution in [2.45, 2.75) is 54.0 Å². The van der Waals surface area contributed by atoms with Crippen molar-refractivity contribution in [3.63, 3.8) is 0 Å². The summed E-state index contributed by atoms with van der Waals surface area (Å²) in [4.78, 5) is 2.70. The Labute approximate surface area is 115 Å². The summed E-state index contributed by atoms with van der Waals surface area (Å²) < 4.78 is 0. The van der Waals surface area contributed by atoms with Crippen molar-refractivity contribution in [2.24, 2.45) is 23.7 Å². The predicted molar refractivity (Wildman–Crippen MR) is 80.9 cm³/mol. The Bertz CT molecular complexity index is 217. The van der Waals surface area contributed by atoms with E-state index in [9.17, 15) is 0 Å². The third-order valence-corrected chi connectivity index (χ3v) is 4.64. The number of likely N-dealkylation sites (tertiary alicyclic amines) is 1. The first-order valence-electron chi connectivity index (χ1n) is 7.91. The Kier molecular flexibility index (Phi) is 6.65. The smallest absolute Gasteiger partial charge is 0.0117 e. The maximum Gasteiger partial charge on any atom is 0.0117 e. The Hall–Kier alpha value is -0.0800. The van der Waals surface area contributed by atoms with Gasteiger partial charge in [-0.3, -0.25) is 0 Å². The van der Waals surface area contributed by atoms with Crippen LogP contribution < -0.4 is 5.32 Å². The molecule has 2 heteroatoms. The fourth-order valence-corrected chi connectivity index (χ4v) is 3.45. The van der Waals surface area contributed by atoms with Gasteiger partial charge in [-0.25, -0.2) is 0 Å². The van der Waals surface area contributed by atoms with Gasteiger partial charge in [-0.15, -0.1) is 0 Å². The molecule has 0 aliphatic carbocycles. The molecule has 18 heavy (non-hydrogen) atoms. The monoisotopic (exact) mass is 254 g/mol. The predicted octanol–water partition coefficient (Wildman–Crippen LogP) is 3.23. The van der Waals surface area contributed by atoms with Crippen molar-refractivity contribution in [1.82, 2.24) is 10.2 Å². The van der Waals surface area contributed by atoms with Crippen LogP contribution in [0.2, 0.25) is 0 Å². The summed E-state index contributed by atoms with van der Waals surface area (Å²) >= 11 is 0. The molecule has 1 aliphatic heterocycles. The van der Waals surface area contributed by atoms with E-state index in [0.717, 1.165) is 36.3 Å². The highest BCUT2D eigenvalue weighted by molar-refractivity contribution is 4.84. The molecule has 0 aromatic carbocycles. The van der Waals surface area contributed by atoms with E-state index in [0.29, 0.717) is 0 Å². The second-order valence-electron chi connectivity index (χ2n) is 6.84. The lowest BCUT2D eigenvalue weighted by Crippen LogP contribution is -2.50. The number of rotatable bonds is 6. The lowest BCUT2D eigenvalue weighted by molar-refractivity contribution is 0.103. The van der Waals surface area contributed by atoms with Gasteiger partial charge in [-0.05, 0) is 43.2 Å². The Balaban J connectivity index is 2.45. The van der Waals surface area contributed by atoms with Gasteiger partial charge in [0.15, 0.2) is 0 Å². The van der Waals surface area contributed by atoms with Crippen LogP contribution in [0.4, 0.5) is 0 Å². The van der Waals surface area contributed by atoms with Gasteiger partial charge in [-0.1, -0.05) is 41.5 Å². The number of piperidine rings is 1. The van der Waals surface area contributed by atoms with Crippen molar-refractivity contribution >= 4 is 0 Å². The molecule has 0 bridgehead atoms. The molecule has 2 atom stereocenters. The molecular weight excluding hydrogens is 220 g/mol. The lowest BCUT2D eigenvalue weighted by atomic mass is 9.84. The first-order valence-corrected chi connectivity index (χ1v) is 7.91. The molecule has 0 saturated carbocycles. The van der Waals surface area contributed by atoms with E-state index in [1.807, 2.05) is 0 Å². The van der Waals surface area contributed by atoms with E-state index in [-0.39, 0.29) is 0 Å². The first kappa shape index (κ1) is 16.0. The van der Waals surface area contributed by atoms with E-state index in [4.69, 9.17) is 0 Å². The second-order valence-corrected chi connectivity index (χ2v) is 6.84. The van der Waals surface area contributed by atoms with Gasteiger partial charge in [0.05, 0.1) is 0 Å². The maximum absolute atomic E-state index is 3.63. The SMILES string of the molecule is CCNC1CCN(CC(C(C)C)C(C)C)CC1C. The van der Waals surface area contributed by atoms with Crippen LogP contribution in [-0.4, -0.2) is 37.1 Å². The summed E-state index contributed by atoms with van der Waals surface area (Å²) in [6.07, 6.45) is 1.32. The van der Waals surface area contributed by atoms with Gasteiger partial charge >= 0.3 is 0 Å². The summed E-state index contributed by atoms with van der Waals surface area (Å²) in [7, 11) is 0. The van der Waals surface area contributed by atoms with Crippen LogP contribution in [0.25, 0.3) is 0 Å². The molecule has 2 nitrogen and oxygen atoms in total. The normalized spacial score (nSPS) is 26.5. The molecule has 1 N–H and O–H groups in total. The minimum Gasteiger partial charge on any atom is -0.314 e. The third kappa shape index (κ3) is 4.55. The van der Waals surface area contributed by atoms with Crippen LogP contribution in [0.1, 0.15) is 48.0 Å². The van der Waals surface area contributed by atoms with Crippen molar-refractivity contribution < 1.29 is 0 Å². The molecule has 1 heterocycles. The maximum atomic E-state index is 3.63. The third-order valence-electron chi connectivity index (χ3n) is 4.64. The van der Waals surface area contributed by atoms with Crippen molar-refractivity contribution in [2.75, 3.05) is 26.2 Å². The Morgan fingerprint density at radius 3 is 2.22 bits per heavy atom. The minimum atomic E-state index is 0.739. The highest BCUT2D eigenvalue weighted by atomic mass is 15.1. The van der Waals surface area contributed by atoms with E-state index in [1.165, 1.54) is 26.1 Å². The first-order chi connectivity index (χ1) is 8.45. The van der Waals surface area contributed by atoms with Crippen LogP contribution in [0.5, 0.6) is 0 Å². The Morgan fingerprint density at radius 2 is 1.78 bits per heavy atom. The zero-order chi connectivity index (χ0) is 13.7. The van der Waals surface area contributed by atoms with E-state index in [1.54, 1.807) is 0 Å². The van der Waals surface area contributed by atoms with E-state index < -0.39 is 0 Å². The lowest BCUT2D eigenvalue weighted by Gasteiger charge is -2.40. The summed E-state index contributed by atoms with van der Waals surface area (Å²) in [5.74, 6) is 3.23. The topological polar surface area (TPSA) is 15.3 Å². The summed E-state index contributed by atoms with van der Waals surface area (Å²) in [5, 5.41) is 3.63. The van der Waals surface area contributed by atoms with Crippen LogP contribution in [-0.2, 0) is 0 Å². The molecule has 108 valence electrons. The summed E-state index contributed by atoms with van der Waals surface area (Å²) in [5.41, 5.74) is 0. The molecular formula is C16H34N2. The van der Waals surface area contributed by atoms with Gasteiger partial charge in [0.1, 0.15) is 0 Å². The van der Waals surface area contributed by atoms with Crippen LogP contribution in [0, 0.1) is 23.7 Å². The highest BCUT2D eigenvalue weighted by Crippen LogP contribution is 2.24. The minimum absolute atomic E-state index is 0.739. The molecule has 0 spiro atoms. The summed E-state index contributed by atoms with van der Waals surface area (Å²) in [6, 6.07) is 0.739. The van der Waals surface area contributed by atoms with Crippen molar-refractivity contribution in [3.8, 4) is 0 Å². The van der Waals surface area contributed by atoms with Crippen LogP contribution >= 0.6 is 0 Å². The molecule has 1 rings (SSSR count). The second kappa shape index (κ2) is 7.49. The standard InChI is InChI=1S/C16H34N2/c1-7-17-16-8-9-18(10-14(16)6)11-15(12(2)3)13(4)5/h12-17H,7-11H2,1-6H3. The fourth-order valence-electron chi connectivity index (χ4n) is 3.45. The van der Waals surface area contributed by atoms with E-state index >= 15 is 0 Å². The number of nitrogens with zero attached hydrogens (tertiary/aromatic N) is 1. The quantitative estimate of drug-likeness (QED) is 0.783. The molecule has 0 aromatic rings. The number of nitrogens with one attached hydrogen (secondary N) is 1. The van der Waals surface area contributed by atoms with Gasteiger partial charge in [0, 0.05) is 19.1 Å². The van der Waals surface area contributed by atoms with E-state index in [2.05, 4.69) is 51.8 Å². The summed E-state index contributed by atoms with van der Waals surface area (Å²) in [6.45, 7) is 19.1. The number of hydrogen-bond acceptors (Lipinski definition) is 2. The molecule has 2 unspecified atom stereocenters. The average Bonchev–Trinajstić information content (AvgIpc) is 2.28. The van der Waals surface area contributed by atoms with Crippen molar-refractivity contribution in [3.05, 3.63) is 0 Å². The molecule has 0 radical (unpaired) electrons. The molecule has 1 saturated heterocycles. The van der Waals surface area contributed by atoms with Gasteiger partial charge in [-0.2, -0.15) is 0 Å². The average molecular weight is 254 g/mol. The van der Waals surface area contributed by atoms with Gasteiger partial charge in [0.25, 0.3) is 0 Å². The zero-order valence-corrected chi connectivity index (χ0v) is 13.4. The molecule has 1 aliphatic rings. The highest BCUT2D eigenvalue weighted by Gasteiger charge is 2.28. The molecule has 0 aromatic heterocycles. The van der Waals surface area contributed by atoms with Crippen LogP contribution in [0.15, 0.2) is 0 Å². The zero-order valence-electron chi connectivity index (χ0n) is 13.4. The fraction of sp³-hybridized carbons (Fsp3) is 1.00. The molecule has 0 amide bonds. The van der Waals surface area contributed by atoms with Crippen molar-refractivity contribution in [1.29, 1.82) is 0 Å². The van der Waals surface area contributed by atoms with Gasteiger partial charge < -0.3 is 10.2 Å².